The summed E-state index contributed by atoms with van der Waals surface area (Å²) >= 11 is 0. The van der Waals surface area contributed by atoms with E-state index in [1.165, 1.54) is 6.07 Å². The van der Waals surface area contributed by atoms with E-state index in [1.54, 1.807) is 0 Å². The molecule has 94 valence electrons. The zero-order valence-corrected chi connectivity index (χ0v) is 9.48. The Morgan fingerprint density at radius 1 is 1.44 bits per heavy atom. The fraction of sp³-hybridized carbons (Fsp3) is 0.250. The Hall–Kier alpha value is -2.24. The van der Waals surface area contributed by atoms with E-state index >= 15 is 0 Å². The summed E-state index contributed by atoms with van der Waals surface area (Å²) in [6.07, 6.45) is 4.39. The number of nitro groups is 1. The van der Waals surface area contributed by atoms with Gasteiger partial charge in [-0.1, -0.05) is 6.08 Å². The highest BCUT2D eigenvalue weighted by atomic mass is 19.1. The number of carbonyl (C=O) groups excluding carboxylic acids is 1. The van der Waals surface area contributed by atoms with E-state index in [0.717, 1.165) is 30.9 Å². The summed E-state index contributed by atoms with van der Waals surface area (Å²) in [6.45, 7) is 0. The van der Waals surface area contributed by atoms with E-state index in [1.807, 2.05) is 6.08 Å². The SMILES string of the molecule is NC(=O)c1c(C2=CCCC2)ccc([N+](=O)[O-])c1F. The molecule has 2 rings (SSSR count). The van der Waals surface area contributed by atoms with Crippen LogP contribution in [0.25, 0.3) is 5.57 Å². The van der Waals surface area contributed by atoms with Crippen molar-refractivity contribution >= 4 is 17.2 Å². The molecule has 0 unspecified atom stereocenters. The number of amides is 1. The first-order chi connectivity index (χ1) is 8.52. The molecule has 5 nitrogen and oxygen atoms in total. The molecule has 0 fully saturated rings. The molecule has 6 heteroatoms. The van der Waals surface area contributed by atoms with Crippen LogP contribution < -0.4 is 5.73 Å². The van der Waals surface area contributed by atoms with Crippen molar-refractivity contribution < 1.29 is 14.1 Å². The van der Waals surface area contributed by atoms with Crippen molar-refractivity contribution in [1.29, 1.82) is 0 Å². The summed E-state index contributed by atoms with van der Waals surface area (Å²) in [6, 6.07) is 2.45. The zero-order chi connectivity index (χ0) is 13.3. The van der Waals surface area contributed by atoms with Gasteiger partial charge in [0.15, 0.2) is 0 Å². The van der Waals surface area contributed by atoms with Crippen molar-refractivity contribution in [3.05, 3.63) is 45.3 Å². The van der Waals surface area contributed by atoms with E-state index in [9.17, 15) is 19.3 Å². The molecule has 18 heavy (non-hydrogen) atoms. The first kappa shape index (κ1) is 12.2. The van der Waals surface area contributed by atoms with Gasteiger partial charge >= 0.3 is 5.69 Å². The van der Waals surface area contributed by atoms with Gasteiger partial charge in [-0.3, -0.25) is 14.9 Å². The van der Waals surface area contributed by atoms with Crippen LogP contribution in [0.3, 0.4) is 0 Å². The minimum Gasteiger partial charge on any atom is -0.365 e. The van der Waals surface area contributed by atoms with Crippen molar-refractivity contribution in [2.75, 3.05) is 0 Å². The Kier molecular flexibility index (Phi) is 3.10. The van der Waals surface area contributed by atoms with Crippen LogP contribution in [0.15, 0.2) is 18.2 Å². The lowest BCUT2D eigenvalue weighted by Gasteiger charge is -2.09. The van der Waals surface area contributed by atoms with Crippen LogP contribution in [0, 0.1) is 15.9 Å². The summed E-state index contributed by atoms with van der Waals surface area (Å²) in [5, 5.41) is 10.6. The van der Waals surface area contributed by atoms with Crippen LogP contribution in [0.5, 0.6) is 0 Å². The number of allylic oxidation sites excluding steroid dienone is 2. The molecule has 0 bridgehead atoms. The van der Waals surface area contributed by atoms with Gasteiger partial charge in [0.05, 0.1) is 10.5 Å². The number of hydrogen-bond donors (Lipinski definition) is 1. The molecule has 0 saturated carbocycles. The minimum absolute atomic E-state index is 0.364. The highest BCUT2D eigenvalue weighted by Crippen LogP contribution is 2.33. The van der Waals surface area contributed by atoms with Crippen molar-refractivity contribution in [2.24, 2.45) is 5.73 Å². The van der Waals surface area contributed by atoms with E-state index in [4.69, 9.17) is 5.73 Å². The molecule has 1 aliphatic carbocycles. The standard InChI is InChI=1S/C12H11FN2O3/c13-11-9(15(17)18)6-5-8(10(11)12(14)16)7-3-1-2-4-7/h3,5-6H,1-2,4H2,(H2,14,16). The second-order valence-corrected chi connectivity index (χ2v) is 4.06. The summed E-state index contributed by atoms with van der Waals surface area (Å²) < 4.78 is 13.9. The molecule has 1 aliphatic rings. The molecule has 0 saturated heterocycles. The Bertz CT molecular complexity index is 567. The maximum absolute atomic E-state index is 13.9. The number of primary amides is 1. The second kappa shape index (κ2) is 4.56. The third-order valence-corrected chi connectivity index (χ3v) is 2.95. The molecule has 0 aliphatic heterocycles. The largest absolute Gasteiger partial charge is 0.365 e. The molecule has 1 aromatic carbocycles. The summed E-state index contributed by atoms with van der Waals surface area (Å²) in [5.74, 6) is -2.14. The van der Waals surface area contributed by atoms with Gasteiger partial charge in [0.2, 0.25) is 5.82 Å². The topological polar surface area (TPSA) is 86.2 Å². The monoisotopic (exact) mass is 250 g/mol. The minimum atomic E-state index is -1.15. The average Bonchev–Trinajstić information content (AvgIpc) is 2.80. The van der Waals surface area contributed by atoms with E-state index in [-0.39, 0.29) is 0 Å². The van der Waals surface area contributed by atoms with Crippen LogP contribution in [0.4, 0.5) is 10.1 Å². The number of benzene rings is 1. The van der Waals surface area contributed by atoms with Crippen LogP contribution in [-0.4, -0.2) is 10.8 Å². The van der Waals surface area contributed by atoms with E-state index < -0.39 is 27.9 Å². The Morgan fingerprint density at radius 3 is 2.67 bits per heavy atom. The third kappa shape index (κ3) is 1.97. The van der Waals surface area contributed by atoms with Gasteiger partial charge in [0.1, 0.15) is 0 Å². The number of carbonyl (C=O) groups is 1. The lowest BCUT2D eigenvalue weighted by Crippen LogP contribution is -2.16. The van der Waals surface area contributed by atoms with Gasteiger partial charge in [0.25, 0.3) is 5.91 Å². The molecule has 0 aromatic heterocycles. The number of nitro benzene ring substituents is 1. The Labute approximate surface area is 102 Å². The molecule has 0 radical (unpaired) electrons. The lowest BCUT2D eigenvalue weighted by atomic mass is 9.97. The predicted molar refractivity (Wildman–Crippen MR) is 63.4 cm³/mol. The van der Waals surface area contributed by atoms with Gasteiger partial charge < -0.3 is 5.73 Å². The second-order valence-electron chi connectivity index (χ2n) is 4.06. The van der Waals surface area contributed by atoms with Crippen LogP contribution in [-0.2, 0) is 0 Å². The van der Waals surface area contributed by atoms with Crippen molar-refractivity contribution in [3.8, 4) is 0 Å². The maximum atomic E-state index is 13.9. The summed E-state index contributed by atoms with van der Waals surface area (Å²) in [7, 11) is 0. The summed E-state index contributed by atoms with van der Waals surface area (Å²) in [5.41, 5.74) is 5.18. The third-order valence-electron chi connectivity index (χ3n) is 2.95. The Balaban J connectivity index is 2.64. The first-order valence-corrected chi connectivity index (χ1v) is 5.48. The van der Waals surface area contributed by atoms with Crippen LogP contribution in [0.1, 0.15) is 35.2 Å². The zero-order valence-electron chi connectivity index (χ0n) is 9.48. The average molecular weight is 250 g/mol. The fourth-order valence-corrected chi connectivity index (χ4v) is 2.13. The quantitative estimate of drug-likeness (QED) is 0.660. The van der Waals surface area contributed by atoms with Crippen LogP contribution in [0.2, 0.25) is 0 Å². The molecular weight excluding hydrogens is 239 g/mol. The molecule has 0 spiro atoms. The smallest absolute Gasteiger partial charge is 0.305 e. The van der Waals surface area contributed by atoms with Gasteiger partial charge in [0, 0.05) is 6.07 Å². The van der Waals surface area contributed by atoms with Gasteiger partial charge in [-0.2, -0.15) is 4.39 Å². The molecule has 1 aromatic rings. The molecule has 1 amide bonds. The lowest BCUT2D eigenvalue weighted by molar-refractivity contribution is -0.387. The highest BCUT2D eigenvalue weighted by Gasteiger charge is 2.26. The highest BCUT2D eigenvalue weighted by molar-refractivity contribution is 5.99. The summed E-state index contributed by atoms with van der Waals surface area (Å²) in [4.78, 5) is 21.1. The number of hydrogen-bond acceptors (Lipinski definition) is 3. The van der Waals surface area contributed by atoms with Gasteiger partial charge in [-0.25, -0.2) is 0 Å². The van der Waals surface area contributed by atoms with Gasteiger partial charge in [-0.15, -0.1) is 0 Å². The van der Waals surface area contributed by atoms with Crippen molar-refractivity contribution in [3.63, 3.8) is 0 Å². The Morgan fingerprint density at radius 2 is 2.17 bits per heavy atom. The van der Waals surface area contributed by atoms with Crippen LogP contribution >= 0.6 is 0 Å². The normalized spacial score (nSPS) is 14.4. The molecule has 2 N–H and O–H groups in total. The van der Waals surface area contributed by atoms with Gasteiger partial charge in [-0.05, 0) is 36.5 Å². The fourth-order valence-electron chi connectivity index (χ4n) is 2.13. The first-order valence-electron chi connectivity index (χ1n) is 5.48. The van der Waals surface area contributed by atoms with Crippen molar-refractivity contribution in [1.82, 2.24) is 0 Å². The molecule has 0 heterocycles. The molecule has 0 atom stereocenters. The number of halogens is 1. The number of rotatable bonds is 3. The number of nitrogens with zero attached hydrogens (tertiary/aromatic N) is 1. The van der Waals surface area contributed by atoms with Crippen molar-refractivity contribution in [2.45, 2.75) is 19.3 Å². The molecular formula is C12H11FN2O3. The number of nitrogens with two attached hydrogens (primary N) is 1. The maximum Gasteiger partial charge on any atom is 0.305 e. The van der Waals surface area contributed by atoms with E-state index in [2.05, 4.69) is 0 Å². The predicted octanol–water partition coefficient (Wildman–Crippen LogP) is 2.40. The van der Waals surface area contributed by atoms with E-state index in [0.29, 0.717) is 5.56 Å².